The largest absolute Gasteiger partial charge is 0.481 e. The van der Waals surface area contributed by atoms with Crippen LogP contribution in [0.4, 0.5) is 23.2 Å². The topological polar surface area (TPSA) is 73.3 Å². The zero-order chi connectivity index (χ0) is 29.4. The Morgan fingerprint density at radius 3 is 2.20 bits per heavy atom. The molecule has 1 atom stereocenters. The maximum atomic E-state index is 16.0. The van der Waals surface area contributed by atoms with Gasteiger partial charge in [-0.15, -0.1) is 0 Å². The summed E-state index contributed by atoms with van der Waals surface area (Å²) in [6.45, 7) is 2.14. The van der Waals surface area contributed by atoms with Crippen molar-refractivity contribution in [2.24, 2.45) is 5.92 Å². The minimum absolute atomic E-state index is 0.0693. The number of hydrogen-bond acceptors (Lipinski definition) is 5. The second-order valence-electron chi connectivity index (χ2n) is 12.3. The quantitative estimate of drug-likeness (QED) is 0.471. The van der Waals surface area contributed by atoms with Gasteiger partial charge < -0.3 is 19.6 Å². The first kappa shape index (κ1) is 30.1. The number of rotatable bonds is 6. The first-order valence-corrected chi connectivity index (χ1v) is 14.9. The average Bonchev–Trinajstić information content (AvgIpc) is 3.39. The molecule has 4 aliphatic rings. The Morgan fingerprint density at radius 1 is 0.951 bits per heavy atom. The van der Waals surface area contributed by atoms with E-state index in [1.807, 2.05) is 4.90 Å². The van der Waals surface area contributed by atoms with E-state index in [0.717, 1.165) is 37.3 Å². The van der Waals surface area contributed by atoms with Crippen molar-refractivity contribution in [3.63, 3.8) is 0 Å². The van der Waals surface area contributed by atoms with Crippen molar-refractivity contribution in [3.05, 3.63) is 29.3 Å². The van der Waals surface area contributed by atoms with Gasteiger partial charge in [0, 0.05) is 64.5 Å². The number of carboxylic acids is 1. The molecule has 0 aromatic heterocycles. The fourth-order valence-corrected chi connectivity index (χ4v) is 7.32. The summed E-state index contributed by atoms with van der Waals surface area (Å²) in [5.41, 5.74) is -1.36. The number of carbonyl (C=O) groups excluding carboxylic acids is 1. The lowest BCUT2D eigenvalue weighted by molar-refractivity contribution is -0.144. The van der Waals surface area contributed by atoms with E-state index < -0.39 is 35.2 Å². The molecule has 0 unspecified atom stereocenters. The summed E-state index contributed by atoms with van der Waals surface area (Å²) >= 11 is 0. The van der Waals surface area contributed by atoms with Crippen LogP contribution >= 0.6 is 0 Å². The van der Waals surface area contributed by atoms with E-state index in [4.69, 9.17) is 4.74 Å². The number of amides is 1. The van der Waals surface area contributed by atoms with Crippen LogP contribution in [0.15, 0.2) is 18.2 Å². The van der Waals surface area contributed by atoms with Crippen LogP contribution < -0.4 is 4.90 Å². The lowest BCUT2D eigenvalue weighted by Crippen LogP contribution is -2.51. The standard InChI is InChI=1S/C30H41F4N3O4/c1-41-24-5-3-23(4-6-24)37-17-12-29(31,19-37)28(40)36-15-8-20(9-16-36)25-7-2-22(30(32,33)34)18-26(25)35-13-10-21(11-14-35)27(38)39/h2,7,18,20-21,23-24H,3-6,8-17,19H2,1H3,(H,38,39)/t23-,24+,29-/m1/s1. The van der Waals surface area contributed by atoms with Gasteiger partial charge in [-0.2, -0.15) is 13.2 Å². The number of alkyl halides is 4. The zero-order valence-corrected chi connectivity index (χ0v) is 23.7. The molecule has 4 fully saturated rings. The normalized spacial score (nSPS) is 29.2. The predicted octanol–water partition coefficient (Wildman–Crippen LogP) is 5.08. The van der Waals surface area contributed by atoms with Gasteiger partial charge in [0.05, 0.1) is 17.6 Å². The Labute approximate surface area is 238 Å². The van der Waals surface area contributed by atoms with Crippen LogP contribution in [0.25, 0.3) is 0 Å². The van der Waals surface area contributed by atoms with Crippen molar-refractivity contribution < 1.29 is 37.0 Å². The number of ether oxygens (including phenoxy) is 1. The molecular formula is C30H41F4N3O4. The van der Waals surface area contributed by atoms with Gasteiger partial charge in [-0.05, 0) is 75.0 Å². The molecule has 3 heterocycles. The molecule has 1 saturated carbocycles. The SMILES string of the molecule is CO[C@H]1CC[C@@H](N2CC[C@](F)(C(=O)N3CCC(c4ccc(C(F)(F)F)cc4N4CCC(C(=O)O)CC4)CC3)C2)CC1. The molecule has 0 bridgehead atoms. The van der Waals surface area contributed by atoms with Crippen molar-refractivity contribution in [2.75, 3.05) is 51.3 Å². The van der Waals surface area contributed by atoms with E-state index in [0.29, 0.717) is 64.1 Å². The second-order valence-corrected chi connectivity index (χ2v) is 12.3. The van der Waals surface area contributed by atoms with Crippen LogP contribution in [0.2, 0.25) is 0 Å². The Kier molecular flexibility index (Phi) is 8.85. The van der Waals surface area contributed by atoms with Crippen LogP contribution in [-0.4, -0.2) is 91.0 Å². The maximum absolute atomic E-state index is 16.0. The molecule has 1 aromatic rings. The smallest absolute Gasteiger partial charge is 0.416 e. The number of carboxylic acid groups (broad SMARTS) is 1. The number of likely N-dealkylation sites (tertiary alicyclic amines) is 2. The van der Waals surface area contributed by atoms with Gasteiger partial charge in [0.2, 0.25) is 5.67 Å². The van der Waals surface area contributed by atoms with E-state index in [1.165, 1.54) is 12.1 Å². The fraction of sp³-hybridized carbons (Fsp3) is 0.733. The molecule has 3 saturated heterocycles. The fourth-order valence-electron chi connectivity index (χ4n) is 7.32. The third-order valence-corrected chi connectivity index (χ3v) is 9.89. The third-order valence-electron chi connectivity index (χ3n) is 9.89. The molecule has 1 aliphatic carbocycles. The van der Waals surface area contributed by atoms with E-state index in [9.17, 15) is 27.9 Å². The number of benzene rings is 1. The summed E-state index contributed by atoms with van der Waals surface area (Å²) in [7, 11) is 1.72. The molecule has 1 N–H and O–H groups in total. The Balaban J connectivity index is 1.23. The number of anilines is 1. The van der Waals surface area contributed by atoms with Gasteiger partial charge in [-0.3, -0.25) is 14.5 Å². The Morgan fingerprint density at radius 2 is 1.61 bits per heavy atom. The minimum Gasteiger partial charge on any atom is -0.481 e. The lowest BCUT2D eigenvalue weighted by Gasteiger charge is -2.39. The molecule has 1 aromatic carbocycles. The van der Waals surface area contributed by atoms with Crippen molar-refractivity contribution >= 4 is 17.6 Å². The zero-order valence-electron chi connectivity index (χ0n) is 23.7. The highest BCUT2D eigenvalue weighted by Crippen LogP contribution is 2.41. The van der Waals surface area contributed by atoms with Gasteiger partial charge in [-0.25, -0.2) is 4.39 Å². The first-order chi connectivity index (χ1) is 19.5. The highest BCUT2D eigenvalue weighted by Gasteiger charge is 2.49. The van der Waals surface area contributed by atoms with Gasteiger partial charge in [0.1, 0.15) is 0 Å². The summed E-state index contributed by atoms with van der Waals surface area (Å²) in [6, 6.07) is 4.09. The van der Waals surface area contributed by atoms with Crippen LogP contribution in [0.1, 0.15) is 74.8 Å². The van der Waals surface area contributed by atoms with Gasteiger partial charge in [-0.1, -0.05) is 6.07 Å². The summed E-state index contributed by atoms with van der Waals surface area (Å²) < 4.78 is 62.2. The van der Waals surface area contributed by atoms with Crippen LogP contribution in [-0.2, 0) is 20.5 Å². The predicted molar refractivity (Wildman–Crippen MR) is 146 cm³/mol. The monoisotopic (exact) mass is 583 g/mol. The molecule has 5 rings (SSSR count). The van der Waals surface area contributed by atoms with Gasteiger partial charge in [0.15, 0.2) is 0 Å². The average molecular weight is 584 g/mol. The number of piperidine rings is 2. The summed E-state index contributed by atoms with van der Waals surface area (Å²) in [5.74, 6) is -1.90. The van der Waals surface area contributed by atoms with E-state index >= 15 is 4.39 Å². The molecule has 228 valence electrons. The number of methoxy groups -OCH3 is 1. The highest BCUT2D eigenvalue weighted by molar-refractivity contribution is 5.86. The Bertz CT molecular complexity index is 1090. The molecule has 3 aliphatic heterocycles. The molecule has 41 heavy (non-hydrogen) atoms. The van der Waals surface area contributed by atoms with Gasteiger partial charge in [0.25, 0.3) is 5.91 Å². The lowest BCUT2D eigenvalue weighted by atomic mass is 9.86. The number of carbonyl (C=O) groups is 2. The number of aliphatic carboxylic acids is 1. The van der Waals surface area contributed by atoms with Crippen molar-refractivity contribution in [2.45, 2.75) is 87.7 Å². The Hall–Kier alpha value is -2.40. The minimum atomic E-state index is -4.49. The van der Waals surface area contributed by atoms with Crippen molar-refractivity contribution in [3.8, 4) is 0 Å². The summed E-state index contributed by atoms with van der Waals surface area (Å²) in [5, 5.41) is 9.34. The van der Waals surface area contributed by atoms with Crippen LogP contribution in [0.5, 0.6) is 0 Å². The third kappa shape index (κ3) is 6.50. The first-order valence-electron chi connectivity index (χ1n) is 14.9. The molecule has 0 radical (unpaired) electrons. The number of halogens is 4. The van der Waals surface area contributed by atoms with Crippen molar-refractivity contribution in [1.29, 1.82) is 0 Å². The second kappa shape index (κ2) is 12.1. The van der Waals surface area contributed by atoms with Crippen LogP contribution in [0.3, 0.4) is 0 Å². The molecular weight excluding hydrogens is 542 g/mol. The van der Waals surface area contributed by atoms with E-state index in [1.54, 1.807) is 12.0 Å². The summed E-state index contributed by atoms with van der Waals surface area (Å²) in [4.78, 5) is 30.4. The van der Waals surface area contributed by atoms with E-state index in [2.05, 4.69) is 4.90 Å². The number of nitrogens with zero attached hydrogens (tertiary/aromatic N) is 3. The van der Waals surface area contributed by atoms with Crippen LogP contribution in [0, 0.1) is 5.92 Å². The molecule has 0 spiro atoms. The van der Waals surface area contributed by atoms with Gasteiger partial charge >= 0.3 is 12.1 Å². The summed E-state index contributed by atoms with van der Waals surface area (Å²) in [6.07, 6.45) is 1.56. The molecule has 1 amide bonds. The highest BCUT2D eigenvalue weighted by atomic mass is 19.4. The maximum Gasteiger partial charge on any atom is 0.416 e. The molecule has 7 nitrogen and oxygen atoms in total. The van der Waals surface area contributed by atoms with E-state index in [-0.39, 0.29) is 31.0 Å². The molecule has 11 heteroatoms. The van der Waals surface area contributed by atoms with Crippen molar-refractivity contribution in [1.82, 2.24) is 9.80 Å². The number of hydrogen-bond donors (Lipinski definition) is 1.